The van der Waals surface area contributed by atoms with Gasteiger partial charge in [0.05, 0.1) is 0 Å². The van der Waals surface area contributed by atoms with E-state index in [2.05, 4.69) is 39.8 Å². The normalized spacial score (nSPS) is 19.2. The van der Waals surface area contributed by atoms with Gasteiger partial charge in [-0.05, 0) is 61.0 Å². The van der Waals surface area contributed by atoms with Gasteiger partial charge in [-0.1, -0.05) is 24.6 Å². The fraction of sp³-hybridized carbons (Fsp3) is 0.500. The van der Waals surface area contributed by atoms with Crippen molar-refractivity contribution in [1.29, 1.82) is 0 Å². The largest absolute Gasteiger partial charge is 0.374 e. The highest BCUT2D eigenvalue weighted by molar-refractivity contribution is 7.91. The molecule has 146 valence electrons. The lowest BCUT2D eigenvalue weighted by Crippen LogP contribution is -2.40. The van der Waals surface area contributed by atoms with Gasteiger partial charge in [0.15, 0.2) is 0 Å². The van der Waals surface area contributed by atoms with Crippen LogP contribution in [0.4, 0.5) is 5.69 Å². The molecule has 0 bridgehead atoms. The molecule has 0 radical (unpaired) electrons. The van der Waals surface area contributed by atoms with E-state index < -0.39 is 10.0 Å². The van der Waals surface area contributed by atoms with Crippen LogP contribution in [0.5, 0.6) is 0 Å². The van der Waals surface area contributed by atoms with Crippen molar-refractivity contribution in [3.63, 3.8) is 0 Å². The number of likely N-dealkylation sites (N-methyl/N-ethyl adjacent to an activating group) is 1. The van der Waals surface area contributed by atoms with Crippen LogP contribution < -0.4 is 9.62 Å². The quantitative estimate of drug-likeness (QED) is 0.802. The minimum atomic E-state index is -3.45. The van der Waals surface area contributed by atoms with E-state index in [9.17, 15) is 8.42 Å². The topological polar surface area (TPSA) is 52.7 Å². The molecule has 0 aliphatic carbocycles. The molecule has 2 aliphatic heterocycles. The second-order valence-electron chi connectivity index (χ2n) is 7.46. The van der Waals surface area contributed by atoms with Crippen LogP contribution in [-0.2, 0) is 16.4 Å². The van der Waals surface area contributed by atoms with Crippen molar-refractivity contribution in [3.05, 3.63) is 46.8 Å². The van der Waals surface area contributed by atoms with E-state index in [0.29, 0.717) is 10.8 Å². The summed E-state index contributed by atoms with van der Waals surface area (Å²) in [6, 6.07) is 10.2. The van der Waals surface area contributed by atoms with Crippen molar-refractivity contribution in [1.82, 2.24) is 9.62 Å². The maximum absolute atomic E-state index is 12.6. The molecule has 1 saturated heterocycles. The van der Waals surface area contributed by atoms with Gasteiger partial charge in [0.25, 0.3) is 0 Å². The molecular formula is C20H27N3O2S2. The van der Waals surface area contributed by atoms with Crippen molar-refractivity contribution >= 4 is 27.0 Å². The summed E-state index contributed by atoms with van der Waals surface area (Å²) in [6.45, 7) is 3.53. The Kier molecular flexibility index (Phi) is 5.55. The highest BCUT2D eigenvalue weighted by Crippen LogP contribution is 2.32. The van der Waals surface area contributed by atoms with Crippen LogP contribution >= 0.6 is 11.3 Å². The molecule has 1 atom stereocenters. The lowest BCUT2D eigenvalue weighted by Gasteiger charge is -2.35. The summed E-state index contributed by atoms with van der Waals surface area (Å²) in [4.78, 5) is 4.73. The lowest BCUT2D eigenvalue weighted by atomic mass is 9.99. The number of thiophene rings is 1. The van der Waals surface area contributed by atoms with Gasteiger partial charge in [0.2, 0.25) is 10.0 Å². The third kappa shape index (κ3) is 4.06. The summed E-state index contributed by atoms with van der Waals surface area (Å²) in [5.41, 5.74) is 3.90. The molecule has 1 aromatic heterocycles. The maximum Gasteiger partial charge on any atom is 0.250 e. The summed E-state index contributed by atoms with van der Waals surface area (Å²) < 4.78 is 28.5. The number of nitrogens with one attached hydrogen (secondary N) is 1. The Morgan fingerprint density at radius 2 is 1.96 bits per heavy atom. The number of likely N-dealkylation sites (tertiary alicyclic amines) is 1. The summed E-state index contributed by atoms with van der Waals surface area (Å²) >= 11 is 1.26. The highest BCUT2D eigenvalue weighted by atomic mass is 32.2. The average molecular weight is 406 g/mol. The first-order chi connectivity index (χ1) is 13.0. The predicted molar refractivity (Wildman–Crippen MR) is 111 cm³/mol. The van der Waals surface area contributed by atoms with E-state index in [1.165, 1.54) is 47.4 Å². The monoisotopic (exact) mass is 405 g/mol. The first-order valence-electron chi connectivity index (χ1n) is 9.66. The van der Waals surface area contributed by atoms with Crippen LogP contribution in [0.3, 0.4) is 0 Å². The Morgan fingerprint density at radius 3 is 2.70 bits per heavy atom. The van der Waals surface area contributed by atoms with Gasteiger partial charge in [-0.25, -0.2) is 13.1 Å². The Bertz CT molecular complexity index is 875. The van der Waals surface area contributed by atoms with E-state index in [-0.39, 0.29) is 6.04 Å². The minimum Gasteiger partial charge on any atom is -0.374 e. The molecule has 1 aromatic carbocycles. The van der Waals surface area contributed by atoms with Gasteiger partial charge in [-0.3, -0.25) is 4.90 Å². The number of fused-ring (bicyclic) bond motifs is 1. The van der Waals surface area contributed by atoms with Crippen LogP contribution in [0.2, 0.25) is 0 Å². The number of rotatable bonds is 6. The van der Waals surface area contributed by atoms with Gasteiger partial charge in [-0.15, -0.1) is 11.3 Å². The SMILES string of the molecule is CN1CCc2cc(C(CNS(=O)(=O)c3cccs3)N3CCCCC3)ccc21. The molecule has 0 saturated carbocycles. The van der Waals surface area contributed by atoms with Crippen molar-refractivity contribution in [2.75, 3.05) is 38.1 Å². The second kappa shape index (κ2) is 7.91. The summed E-state index contributed by atoms with van der Waals surface area (Å²) in [7, 11) is -1.32. The molecular weight excluding hydrogens is 378 g/mol. The van der Waals surface area contributed by atoms with Crippen LogP contribution in [0.1, 0.15) is 36.4 Å². The number of hydrogen-bond acceptors (Lipinski definition) is 5. The number of piperidine rings is 1. The molecule has 1 fully saturated rings. The maximum atomic E-state index is 12.6. The summed E-state index contributed by atoms with van der Waals surface area (Å²) in [5, 5.41) is 1.80. The number of anilines is 1. The zero-order valence-electron chi connectivity index (χ0n) is 15.7. The van der Waals surface area contributed by atoms with Gasteiger partial charge >= 0.3 is 0 Å². The molecule has 2 aliphatic rings. The van der Waals surface area contributed by atoms with Gasteiger partial charge < -0.3 is 4.90 Å². The smallest absolute Gasteiger partial charge is 0.250 e. The molecule has 1 unspecified atom stereocenters. The molecule has 0 spiro atoms. The average Bonchev–Trinajstić information content (AvgIpc) is 3.34. The summed E-state index contributed by atoms with van der Waals surface area (Å²) in [6.07, 6.45) is 4.69. The van der Waals surface area contributed by atoms with Gasteiger partial charge in [-0.2, -0.15) is 0 Å². The number of hydrogen-bond donors (Lipinski definition) is 1. The van der Waals surface area contributed by atoms with E-state index >= 15 is 0 Å². The molecule has 27 heavy (non-hydrogen) atoms. The molecule has 0 amide bonds. The first-order valence-corrected chi connectivity index (χ1v) is 12.0. The number of nitrogens with zero attached hydrogens (tertiary/aromatic N) is 2. The zero-order chi connectivity index (χ0) is 18.9. The van der Waals surface area contributed by atoms with Crippen molar-refractivity contribution in [2.24, 2.45) is 0 Å². The van der Waals surface area contributed by atoms with Crippen LogP contribution in [0.25, 0.3) is 0 Å². The Labute approximate surface area is 166 Å². The highest BCUT2D eigenvalue weighted by Gasteiger charge is 2.26. The molecule has 2 aromatic rings. The number of benzene rings is 1. The lowest BCUT2D eigenvalue weighted by molar-refractivity contribution is 0.164. The van der Waals surface area contributed by atoms with Crippen molar-refractivity contribution in [2.45, 2.75) is 35.9 Å². The third-order valence-electron chi connectivity index (χ3n) is 5.67. The van der Waals surface area contributed by atoms with Crippen LogP contribution in [0, 0.1) is 0 Å². The van der Waals surface area contributed by atoms with E-state index in [1.54, 1.807) is 17.5 Å². The molecule has 4 rings (SSSR count). The Morgan fingerprint density at radius 1 is 1.15 bits per heavy atom. The van der Waals surface area contributed by atoms with E-state index in [0.717, 1.165) is 26.1 Å². The molecule has 1 N–H and O–H groups in total. The van der Waals surface area contributed by atoms with E-state index in [1.807, 2.05) is 0 Å². The van der Waals surface area contributed by atoms with E-state index in [4.69, 9.17) is 0 Å². The standard InChI is InChI=1S/C20H27N3O2S2/c1-22-12-9-17-14-16(7-8-18(17)22)19(23-10-3-2-4-11-23)15-21-27(24,25)20-6-5-13-26-20/h5-8,13-14,19,21H,2-4,9-12,15H2,1H3. The van der Waals surface area contributed by atoms with Gasteiger partial charge in [0.1, 0.15) is 4.21 Å². The van der Waals surface area contributed by atoms with Crippen molar-refractivity contribution in [3.8, 4) is 0 Å². The second-order valence-corrected chi connectivity index (χ2v) is 10.4. The Hall–Kier alpha value is -1.41. The fourth-order valence-electron chi connectivity index (χ4n) is 4.16. The first kappa shape index (κ1) is 18.9. The minimum absolute atomic E-state index is 0.0799. The molecule has 3 heterocycles. The summed E-state index contributed by atoms with van der Waals surface area (Å²) in [5.74, 6) is 0. The van der Waals surface area contributed by atoms with Crippen LogP contribution in [-0.4, -0.2) is 46.5 Å². The predicted octanol–water partition coefficient (Wildman–Crippen LogP) is 3.25. The van der Waals surface area contributed by atoms with Gasteiger partial charge in [0, 0.05) is 31.9 Å². The third-order valence-corrected chi connectivity index (χ3v) is 8.50. The zero-order valence-corrected chi connectivity index (χ0v) is 17.4. The molecule has 7 heteroatoms. The molecule has 5 nitrogen and oxygen atoms in total. The fourth-order valence-corrected chi connectivity index (χ4v) is 6.23. The van der Waals surface area contributed by atoms with Crippen molar-refractivity contribution < 1.29 is 8.42 Å². The Balaban J connectivity index is 1.58. The van der Waals surface area contributed by atoms with Crippen LogP contribution in [0.15, 0.2) is 39.9 Å². The number of sulfonamides is 1.